The summed E-state index contributed by atoms with van der Waals surface area (Å²) in [4.78, 5) is 58.8. The van der Waals surface area contributed by atoms with Gasteiger partial charge in [-0.05, 0) is 63.3 Å². The zero-order valence-electron chi connectivity index (χ0n) is 20.0. The molecule has 0 radical (unpaired) electrons. The van der Waals surface area contributed by atoms with Gasteiger partial charge in [0, 0.05) is 31.5 Å². The predicted molar refractivity (Wildman–Crippen MR) is 130 cm³/mol. The average Bonchev–Trinajstić information content (AvgIpc) is 2.82. The van der Waals surface area contributed by atoms with Crippen molar-refractivity contribution in [2.75, 3.05) is 18.4 Å². The number of fused-ring (bicyclic) bond motifs is 1. The van der Waals surface area contributed by atoms with Crippen LogP contribution < -0.4 is 16.6 Å². The lowest BCUT2D eigenvalue weighted by molar-refractivity contribution is -0.116. The van der Waals surface area contributed by atoms with E-state index in [0.29, 0.717) is 24.5 Å². The van der Waals surface area contributed by atoms with Gasteiger partial charge in [-0.1, -0.05) is 12.1 Å². The Kier molecular flexibility index (Phi) is 6.37. The van der Waals surface area contributed by atoms with E-state index < -0.39 is 23.7 Å². The number of nitrogens with zero attached hydrogens (tertiary/aromatic N) is 4. The van der Waals surface area contributed by atoms with Crippen LogP contribution in [0, 0.1) is 20.8 Å². The van der Waals surface area contributed by atoms with Crippen molar-refractivity contribution < 1.29 is 9.59 Å². The standard InChI is InChI=1S/C25H29N5O4/c1-15-8-9-16(2)19(12-15)27-20(31)14-30-24(33)21-18(23(32)29-10-6-5-7-11-29)13-17(3)26-22(21)28(4)25(30)34/h8-9,12-13H,5-7,10-11,14H2,1-4H3,(H,27,31). The maximum absolute atomic E-state index is 13.5. The van der Waals surface area contributed by atoms with Crippen LogP contribution in [0.3, 0.4) is 0 Å². The Labute approximate surface area is 197 Å². The molecular weight excluding hydrogens is 434 g/mol. The van der Waals surface area contributed by atoms with E-state index in [0.717, 1.165) is 35.0 Å². The molecule has 2 amide bonds. The minimum absolute atomic E-state index is 0.0582. The summed E-state index contributed by atoms with van der Waals surface area (Å²) in [7, 11) is 1.49. The number of benzene rings is 1. The van der Waals surface area contributed by atoms with Gasteiger partial charge >= 0.3 is 5.69 Å². The second-order valence-corrected chi connectivity index (χ2v) is 8.96. The van der Waals surface area contributed by atoms with Crippen LogP contribution in [0.4, 0.5) is 5.69 Å². The molecule has 1 aromatic carbocycles. The average molecular weight is 464 g/mol. The smallest absolute Gasteiger partial charge is 0.332 e. The van der Waals surface area contributed by atoms with Gasteiger partial charge in [-0.3, -0.25) is 23.5 Å². The Balaban J connectivity index is 1.79. The third-order valence-corrected chi connectivity index (χ3v) is 6.27. The Morgan fingerprint density at radius 1 is 1.03 bits per heavy atom. The molecule has 0 saturated carbocycles. The number of aromatic nitrogens is 3. The van der Waals surface area contributed by atoms with Crippen molar-refractivity contribution >= 4 is 28.5 Å². The molecule has 1 fully saturated rings. The normalized spacial score (nSPS) is 13.8. The van der Waals surface area contributed by atoms with Gasteiger partial charge in [-0.2, -0.15) is 0 Å². The van der Waals surface area contributed by atoms with Gasteiger partial charge in [-0.15, -0.1) is 0 Å². The second-order valence-electron chi connectivity index (χ2n) is 8.96. The number of likely N-dealkylation sites (tertiary alicyclic amines) is 1. The molecule has 9 heteroatoms. The van der Waals surface area contributed by atoms with Crippen LogP contribution in [0.1, 0.15) is 46.4 Å². The number of hydrogen-bond donors (Lipinski definition) is 1. The molecule has 34 heavy (non-hydrogen) atoms. The highest BCUT2D eigenvalue weighted by Gasteiger charge is 2.25. The third-order valence-electron chi connectivity index (χ3n) is 6.27. The van der Waals surface area contributed by atoms with Gasteiger partial charge in [0.1, 0.15) is 12.2 Å². The van der Waals surface area contributed by atoms with E-state index in [-0.39, 0.29) is 22.5 Å². The number of anilines is 1. The second kappa shape index (κ2) is 9.24. The van der Waals surface area contributed by atoms with Gasteiger partial charge in [0.2, 0.25) is 5.91 Å². The predicted octanol–water partition coefficient (Wildman–Crippen LogP) is 2.29. The largest absolute Gasteiger partial charge is 0.339 e. The quantitative estimate of drug-likeness (QED) is 0.639. The van der Waals surface area contributed by atoms with Crippen molar-refractivity contribution in [1.82, 2.24) is 19.0 Å². The summed E-state index contributed by atoms with van der Waals surface area (Å²) in [6, 6.07) is 7.24. The molecule has 2 aromatic heterocycles. The number of carbonyl (C=O) groups excluding carboxylic acids is 2. The maximum Gasteiger partial charge on any atom is 0.332 e. The summed E-state index contributed by atoms with van der Waals surface area (Å²) in [5.74, 6) is -0.756. The first-order valence-corrected chi connectivity index (χ1v) is 11.4. The highest BCUT2D eigenvalue weighted by molar-refractivity contribution is 6.05. The molecule has 0 bridgehead atoms. The third kappa shape index (κ3) is 4.37. The van der Waals surface area contributed by atoms with E-state index in [1.807, 2.05) is 32.0 Å². The number of pyridine rings is 1. The number of carbonyl (C=O) groups is 2. The zero-order valence-corrected chi connectivity index (χ0v) is 20.0. The van der Waals surface area contributed by atoms with Gasteiger partial charge in [0.05, 0.1) is 10.9 Å². The Morgan fingerprint density at radius 3 is 2.44 bits per heavy atom. The Bertz CT molecular complexity index is 1410. The highest BCUT2D eigenvalue weighted by Crippen LogP contribution is 2.19. The van der Waals surface area contributed by atoms with Crippen molar-refractivity contribution in [3.63, 3.8) is 0 Å². The molecule has 0 unspecified atom stereocenters. The van der Waals surface area contributed by atoms with Crippen LogP contribution in [0.15, 0.2) is 33.9 Å². The van der Waals surface area contributed by atoms with Crippen molar-refractivity contribution in [2.24, 2.45) is 7.05 Å². The molecule has 1 aliphatic rings. The fraction of sp³-hybridized carbons (Fsp3) is 0.400. The summed E-state index contributed by atoms with van der Waals surface area (Å²) >= 11 is 0. The van der Waals surface area contributed by atoms with Crippen LogP contribution in [-0.2, 0) is 18.4 Å². The molecule has 178 valence electrons. The molecule has 1 N–H and O–H groups in total. The fourth-order valence-electron chi connectivity index (χ4n) is 4.38. The maximum atomic E-state index is 13.5. The number of nitrogens with one attached hydrogen (secondary N) is 1. The minimum atomic E-state index is -0.693. The van der Waals surface area contributed by atoms with E-state index in [4.69, 9.17) is 0 Å². The first-order chi connectivity index (χ1) is 16.2. The monoisotopic (exact) mass is 463 g/mol. The van der Waals surface area contributed by atoms with Gasteiger partial charge in [-0.25, -0.2) is 9.78 Å². The van der Waals surface area contributed by atoms with E-state index in [1.165, 1.54) is 11.6 Å². The van der Waals surface area contributed by atoms with E-state index >= 15 is 0 Å². The van der Waals surface area contributed by atoms with Crippen molar-refractivity contribution in [1.29, 1.82) is 0 Å². The lowest BCUT2D eigenvalue weighted by Gasteiger charge is -2.27. The Hall–Kier alpha value is -3.75. The van der Waals surface area contributed by atoms with Gasteiger partial charge in [0.15, 0.2) is 0 Å². The number of rotatable bonds is 4. The van der Waals surface area contributed by atoms with Crippen molar-refractivity contribution in [3.8, 4) is 0 Å². The van der Waals surface area contributed by atoms with E-state index in [1.54, 1.807) is 17.9 Å². The first-order valence-electron chi connectivity index (χ1n) is 11.4. The molecule has 4 rings (SSSR count). The molecule has 3 aromatic rings. The summed E-state index contributed by atoms with van der Waals surface area (Å²) in [6.07, 6.45) is 2.89. The first kappa shape index (κ1) is 23.4. The number of aryl methyl sites for hydroxylation is 4. The van der Waals surface area contributed by atoms with Crippen LogP contribution in [0.5, 0.6) is 0 Å². The fourth-order valence-corrected chi connectivity index (χ4v) is 4.38. The lowest BCUT2D eigenvalue weighted by Crippen LogP contribution is -2.43. The van der Waals surface area contributed by atoms with Crippen LogP contribution in [0.25, 0.3) is 11.0 Å². The lowest BCUT2D eigenvalue weighted by atomic mass is 10.1. The van der Waals surface area contributed by atoms with Crippen LogP contribution in [-0.4, -0.2) is 43.9 Å². The Morgan fingerprint density at radius 2 is 1.74 bits per heavy atom. The van der Waals surface area contributed by atoms with E-state index in [9.17, 15) is 19.2 Å². The van der Waals surface area contributed by atoms with E-state index in [2.05, 4.69) is 10.3 Å². The van der Waals surface area contributed by atoms with Crippen LogP contribution in [0.2, 0.25) is 0 Å². The van der Waals surface area contributed by atoms with Crippen molar-refractivity contribution in [3.05, 3.63) is 67.5 Å². The molecule has 0 atom stereocenters. The van der Waals surface area contributed by atoms with Gasteiger partial charge in [0.25, 0.3) is 11.5 Å². The number of amides is 2. The zero-order chi connectivity index (χ0) is 24.6. The molecule has 1 saturated heterocycles. The molecule has 9 nitrogen and oxygen atoms in total. The molecule has 0 aliphatic carbocycles. The number of hydrogen-bond acceptors (Lipinski definition) is 5. The van der Waals surface area contributed by atoms with Gasteiger partial charge < -0.3 is 10.2 Å². The van der Waals surface area contributed by atoms with Crippen molar-refractivity contribution in [2.45, 2.75) is 46.6 Å². The highest BCUT2D eigenvalue weighted by atomic mass is 16.2. The summed E-state index contributed by atoms with van der Waals surface area (Å²) in [6.45, 7) is 6.28. The summed E-state index contributed by atoms with van der Waals surface area (Å²) in [5, 5.41) is 2.84. The number of piperidine rings is 1. The minimum Gasteiger partial charge on any atom is -0.339 e. The summed E-state index contributed by atoms with van der Waals surface area (Å²) in [5.41, 5.74) is 2.00. The summed E-state index contributed by atoms with van der Waals surface area (Å²) < 4.78 is 2.09. The molecule has 3 heterocycles. The molecule has 0 spiro atoms. The topological polar surface area (TPSA) is 106 Å². The molecular formula is C25H29N5O4. The van der Waals surface area contributed by atoms with Crippen LogP contribution >= 0.6 is 0 Å². The molecule has 1 aliphatic heterocycles. The SMILES string of the molecule is Cc1ccc(C)c(NC(=O)Cn2c(=O)c3c(C(=O)N4CCCCC4)cc(C)nc3n(C)c2=O)c1.